The Balaban J connectivity index is 1.79. The average Bonchev–Trinajstić information content (AvgIpc) is 3.14. The summed E-state index contributed by atoms with van der Waals surface area (Å²) in [6.45, 7) is 4.60. The molecule has 2 aliphatic rings. The Morgan fingerprint density at radius 2 is 1.86 bits per heavy atom. The van der Waals surface area contributed by atoms with Crippen molar-refractivity contribution in [2.75, 3.05) is 26.8 Å². The highest BCUT2D eigenvalue weighted by molar-refractivity contribution is 6.46. The minimum atomic E-state index is -0.837. The molecule has 10 heteroatoms. The highest BCUT2D eigenvalue weighted by Crippen LogP contribution is 2.44. The fourth-order valence-corrected chi connectivity index (χ4v) is 5.25. The predicted octanol–water partition coefficient (Wildman–Crippen LogP) is 4.09. The first kappa shape index (κ1) is 25.5. The van der Waals surface area contributed by atoms with Crippen LogP contribution in [0.4, 0.5) is 4.79 Å². The van der Waals surface area contributed by atoms with Crippen LogP contribution in [0.1, 0.15) is 42.5 Å². The van der Waals surface area contributed by atoms with Crippen LogP contribution in [0.15, 0.2) is 42.2 Å². The van der Waals surface area contributed by atoms with Crippen LogP contribution in [0.5, 0.6) is 5.75 Å². The molecule has 3 heterocycles. The number of hydrogen-bond acceptors (Lipinski definition) is 7. The summed E-state index contributed by atoms with van der Waals surface area (Å²) >= 11 is 6.34. The largest absolute Gasteiger partial charge is 0.507 e. The lowest BCUT2D eigenvalue weighted by Gasteiger charge is -2.38. The summed E-state index contributed by atoms with van der Waals surface area (Å²) in [6, 6.07) is 5.62. The Morgan fingerprint density at radius 1 is 1.19 bits per heavy atom. The van der Waals surface area contributed by atoms with Crippen LogP contribution >= 0.6 is 11.6 Å². The summed E-state index contributed by atoms with van der Waals surface area (Å²) in [5.41, 5.74) is 1.58. The van der Waals surface area contributed by atoms with E-state index < -0.39 is 23.8 Å². The third kappa shape index (κ3) is 4.63. The Hall–Kier alpha value is -3.59. The molecule has 0 aliphatic carbocycles. The van der Waals surface area contributed by atoms with Crippen molar-refractivity contribution in [1.29, 1.82) is 0 Å². The summed E-state index contributed by atoms with van der Waals surface area (Å²) in [7, 11) is 1.42. The standard InChI is InChI=1S/C26H28ClN3O6/c1-4-36-26(34)29-11-7-17(8-12-29)30-21(16-5-9-28-10-6-16)20(23(32)25(30)33)22(31)18-13-15(2)14-19(27)24(18)35-3/h5-6,9-10,13-14,17,21,31H,4,7-8,11-12H2,1-3H3/b22-20+. The number of carbonyl (C=O) groups is 3. The van der Waals surface area contributed by atoms with E-state index in [9.17, 15) is 19.5 Å². The number of aliphatic hydroxyl groups is 1. The maximum absolute atomic E-state index is 13.4. The fraction of sp³-hybridized carbons (Fsp3) is 0.385. The van der Waals surface area contributed by atoms with Gasteiger partial charge in [-0.15, -0.1) is 0 Å². The second-order valence-corrected chi connectivity index (χ2v) is 9.14. The molecule has 1 aromatic carbocycles. The lowest BCUT2D eigenvalue weighted by Crippen LogP contribution is -2.48. The first-order chi connectivity index (χ1) is 17.3. The van der Waals surface area contributed by atoms with Crippen LogP contribution in [-0.2, 0) is 14.3 Å². The van der Waals surface area contributed by atoms with Crippen molar-refractivity contribution in [1.82, 2.24) is 14.8 Å². The van der Waals surface area contributed by atoms with Gasteiger partial charge in [0.05, 0.1) is 35.9 Å². The summed E-state index contributed by atoms with van der Waals surface area (Å²) in [4.78, 5) is 46.1. The van der Waals surface area contributed by atoms with Gasteiger partial charge in [-0.25, -0.2) is 4.79 Å². The first-order valence-electron chi connectivity index (χ1n) is 11.7. The number of benzene rings is 1. The number of amides is 2. The van der Waals surface area contributed by atoms with E-state index in [1.165, 1.54) is 12.0 Å². The van der Waals surface area contributed by atoms with Crippen LogP contribution in [0.3, 0.4) is 0 Å². The minimum Gasteiger partial charge on any atom is -0.507 e. The van der Waals surface area contributed by atoms with E-state index in [0.29, 0.717) is 31.5 Å². The van der Waals surface area contributed by atoms with Crippen molar-refractivity contribution < 1.29 is 29.0 Å². The van der Waals surface area contributed by atoms with Crippen LogP contribution in [0.25, 0.3) is 5.76 Å². The molecule has 0 radical (unpaired) electrons. The molecule has 1 aromatic heterocycles. The molecule has 2 saturated heterocycles. The Morgan fingerprint density at radius 3 is 2.47 bits per heavy atom. The van der Waals surface area contributed by atoms with E-state index in [-0.39, 0.29) is 40.3 Å². The predicted molar refractivity (Wildman–Crippen MR) is 133 cm³/mol. The summed E-state index contributed by atoms with van der Waals surface area (Å²) in [6.07, 6.45) is 3.68. The van der Waals surface area contributed by atoms with E-state index in [1.54, 1.807) is 55.4 Å². The van der Waals surface area contributed by atoms with Gasteiger partial charge in [0.25, 0.3) is 11.7 Å². The topological polar surface area (TPSA) is 109 Å². The number of methoxy groups -OCH3 is 1. The van der Waals surface area contributed by atoms with E-state index in [4.69, 9.17) is 21.1 Å². The second-order valence-electron chi connectivity index (χ2n) is 8.73. The van der Waals surface area contributed by atoms with Crippen molar-refractivity contribution >= 4 is 35.1 Å². The Bertz CT molecular complexity index is 1210. The monoisotopic (exact) mass is 513 g/mol. The highest BCUT2D eigenvalue weighted by Gasteiger charge is 2.49. The molecule has 190 valence electrons. The van der Waals surface area contributed by atoms with Crippen molar-refractivity contribution in [3.8, 4) is 5.75 Å². The van der Waals surface area contributed by atoms with Gasteiger partial charge >= 0.3 is 6.09 Å². The number of Topliss-reactive ketones (excluding diaryl/α,β-unsaturated/α-hetero) is 1. The molecule has 36 heavy (non-hydrogen) atoms. The van der Waals surface area contributed by atoms with Crippen molar-refractivity contribution in [2.24, 2.45) is 0 Å². The molecular formula is C26H28ClN3O6. The summed E-state index contributed by atoms with van der Waals surface area (Å²) in [5, 5.41) is 11.7. The second kappa shape index (κ2) is 10.6. The molecule has 2 amide bonds. The number of halogens is 1. The van der Waals surface area contributed by atoms with Gasteiger partial charge in [-0.05, 0) is 62.1 Å². The van der Waals surface area contributed by atoms with E-state index in [2.05, 4.69) is 4.98 Å². The number of pyridine rings is 1. The molecular weight excluding hydrogens is 486 g/mol. The molecule has 2 aliphatic heterocycles. The molecule has 9 nitrogen and oxygen atoms in total. The number of aromatic nitrogens is 1. The molecule has 0 bridgehead atoms. The highest BCUT2D eigenvalue weighted by atomic mass is 35.5. The number of hydrogen-bond donors (Lipinski definition) is 1. The van der Waals surface area contributed by atoms with Gasteiger partial charge < -0.3 is 24.4 Å². The fourth-order valence-electron chi connectivity index (χ4n) is 4.90. The summed E-state index contributed by atoms with van der Waals surface area (Å²) < 4.78 is 10.5. The number of likely N-dealkylation sites (tertiary alicyclic amines) is 2. The summed E-state index contributed by atoms with van der Waals surface area (Å²) in [5.74, 6) is -1.64. The van der Waals surface area contributed by atoms with Gasteiger partial charge in [-0.3, -0.25) is 14.6 Å². The van der Waals surface area contributed by atoms with Gasteiger partial charge in [0.1, 0.15) is 11.5 Å². The Labute approximate surface area is 214 Å². The average molecular weight is 514 g/mol. The number of piperidine rings is 1. The third-order valence-corrected chi connectivity index (χ3v) is 6.81. The Kier molecular flexibility index (Phi) is 7.49. The van der Waals surface area contributed by atoms with Gasteiger partial charge in [0, 0.05) is 31.5 Å². The van der Waals surface area contributed by atoms with Crippen molar-refractivity contribution in [3.63, 3.8) is 0 Å². The number of aryl methyl sites for hydroxylation is 1. The minimum absolute atomic E-state index is 0.0426. The maximum Gasteiger partial charge on any atom is 0.409 e. The zero-order valence-electron chi connectivity index (χ0n) is 20.4. The van der Waals surface area contributed by atoms with Gasteiger partial charge in [0.2, 0.25) is 0 Å². The van der Waals surface area contributed by atoms with Crippen LogP contribution < -0.4 is 4.74 Å². The molecule has 0 saturated carbocycles. The van der Waals surface area contributed by atoms with Gasteiger partial charge in [0.15, 0.2) is 0 Å². The van der Waals surface area contributed by atoms with E-state index >= 15 is 0 Å². The SMILES string of the molecule is CCOC(=O)N1CCC(N2C(=O)C(=O)/C(=C(/O)c3cc(C)cc(Cl)c3OC)C2c2ccncc2)CC1. The first-order valence-corrected chi connectivity index (χ1v) is 12.1. The quantitative estimate of drug-likeness (QED) is 0.364. The van der Waals surface area contributed by atoms with E-state index in [1.807, 2.05) is 0 Å². The van der Waals surface area contributed by atoms with Crippen molar-refractivity contribution in [2.45, 2.75) is 38.8 Å². The van der Waals surface area contributed by atoms with Gasteiger partial charge in [-0.2, -0.15) is 0 Å². The van der Waals surface area contributed by atoms with Crippen LogP contribution in [-0.4, -0.2) is 70.5 Å². The number of aliphatic hydroxyl groups excluding tert-OH is 1. The van der Waals surface area contributed by atoms with Crippen LogP contribution in [0, 0.1) is 6.92 Å². The maximum atomic E-state index is 13.4. The number of rotatable bonds is 5. The lowest BCUT2D eigenvalue weighted by atomic mass is 9.93. The number of nitrogens with zero attached hydrogens (tertiary/aromatic N) is 3. The zero-order chi connectivity index (χ0) is 26.0. The van der Waals surface area contributed by atoms with E-state index in [0.717, 1.165) is 5.56 Å². The third-order valence-electron chi connectivity index (χ3n) is 6.53. The van der Waals surface area contributed by atoms with Gasteiger partial charge in [-0.1, -0.05) is 11.6 Å². The molecule has 2 aromatic rings. The number of ether oxygens (including phenoxy) is 2. The molecule has 1 N–H and O–H groups in total. The molecule has 0 spiro atoms. The molecule has 2 fully saturated rings. The lowest BCUT2D eigenvalue weighted by molar-refractivity contribution is -0.142. The molecule has 1 atom stereocenters. The molecule has 1 unspecified atom stereocenters. The van der Waals surface area contributed by atoms with Crippen LogP contribution in [0.2, 0.25) is 5.02 Å². The normalized spacial score (nSPS) is 20.1. The zero-order valence-corrected chi connectivity index (χ0v) is 21.1. The van der Waals surface area contributed by atoms with Crippen molar-refractivity contribution in [3.05, 3.63) is 63.9 Å². The molecule has 4 rings (SSSR count). The number of ketones is 1. The smallest absolute Gasteiger partial charge is 0.409 e. The number of carbonyl (C=O) groups excluding carboxylic acids is 3.